The van der Waals surface area contributed by atoms with Crippen LogP contribution in [-0.4, -0.2) is 19.8 Å². The Balaban J connectivity index is 3.25. The second-order valence-electron chi connectivity index (χ2n) is 3.27. The Bertz CT molecular complexity index is 583. The van der Waals surface area contributed by atoms with Crippen LogP contribution in [0.3, 0.4) is 0 Å². The maximum absolute atomic E-state index is 12.3. The van der Waals surface area contributed by atoms with Gasteiger partial charge in [0.05, 0.1) is 10.6 Å². The van der Waals surface area contributed by atoms with Gasteiger partial charge in [0.15, 0.2) is 0 Å². The molecule has 0 heterocycles. The van der Waals surface area contributed by atoms with Crippen LogP contribution in [0, 0.1) is 0 Å². The van der Waals surface area contributed by atoms with E-state index in [4.69, 9.17) is 0 Å². The second kappa shape index (κ2) is 4.88. The number of anilines is 1. The summed E-state index contributed by atoms with van der Waals surface area (Å²) in [5.41, 5.74) is -5.18. The summed E-state index contributed by atoms with van der Waals surface area (Å²) in [5.74, 6) is -0.429. The highest BCUT2D eigenvalue weighted by molar-refractivity contribution is 9.10. The van der Waals surface area contributed by atoms with E-state index in [1.54, 1.807) is 0 Å². The minimum atomic E-state index is -5.39. The maximum atomic E-state index is 12.3. The first-order valence-electron chi connectivity index (χ1n) is 4.44. The molecule has 0 bridgehead atoms. The molecule has 9 heteroatoms. The fourth-order valence-electron chi connectivity index (χ4n) is 1.09. The van der Waals surface area contributed by atoms with Crippen molar-refractivity contribution in [3.63, 3.8) is 0 Å². The summed E-state index contributed by atoms with van der Waals surface area (Å²) >= 11 is 2.89. The molecule has 0 radical (unpaired) electrons. The first-order chi connectivity index (χ1) is 8.05. The number of amides is 1. The molecule has 0 spiro atoms. The van der Waals surface area contributed by atoms with Crippen LogP contribution in [0.1, 0.15) is 6.92 Å². The van der Waals surface area contributed by atoms with Crippen LogP contribution in [0.5, 0.6) is 0 Å². The average molecular weight is 346 g/mol. The van der Waals surface area contributed by atoms with Gasteiger partial charge in [-0.1, -0.05) is 0 Å². The lowest BCUT2D eigenvalue weighted by atomic mass is 10.3. The Morgan fingerprint density at radius 2 is 1.89 bits per heavy atom. The van der Waals surface area contributed by atoms with Gasteiger partial charge >= 0.3 is 5.51 Å². The van der Waals surface area contributed by atoms with Gasteiger partial charge < -0.3 is 5.32 Å². The highest BCUT2D eigenvalue weighted by Crippen LogP contribution is 2.33. The molecule has 1 N–H and O–H groups in total. The maximum Gasteiger partial charge on any atom is 0.501 e. The van der Waals surface area contributed by atoms with Crippen molar-refractivity contribution in [3.05, 3.63) is 22.7 Å². The van der Waals surface area contributed by atoms with E-state index >= 15 is 0 Å². The predicted octanol–water partition coefficient (Wildman–Crippen LogP) is 2.70. The van der Waals surface area contributed by atoms with Gasteiger partial charge in [0.25, 0.3) is 9.84 Å². The number of hydrogen-bond acceptors (Lipinski definition) is 3. The van der Waals surface area contributed by atoms with Crippen LogP contribution in [0.15, 0.2) is 27.6 Å². The van der Waals surface area contributed by atoms with Crippen LogP contribution in [0.4, 0.5) is 18.9 Å². The largest absolute Gasteiger partial charge is 0.501 e. The van der Waals surface area contributed by atoms with Crippen molar-refractivity contribution in [2.75, 3.05) is 5.32 Å². The Morgan fingerprint density at radius 1 is 1.33 bits per heavy atom. The van der Waals surface area contributed by atoms with E-state index in [0.29, 0.717) is 0 Å². The van der Waals surface area contributed by atoms with E-state index in [9.17, 15) is 26.4 Å². The van der Waals surface area contributed by atoms with Crippen LogP contribution in [-0.2, 0) is 14.6 Å². The first-order valence-corrected chi connectivity index (χ1v) is 6.72. The fraction of sp³-hybridized carbons (Fsp3) is 0.222. The van der Waals surface area contributed by atoms with Gasteiger partial charge in [0.1, 0.15) is 0 Å². The molecule has 1 aromatic rings. The standard InChI is InChI=1S/C9H7BrF3NO3S/c1-5(15)14-8-3-2-6(4-7(8)10)18(16,17)9(11,12)13/h2-4H,1H3,(H,14,15). The zero-order valence-corrected chi connectivity index (χ0v) is 11.3. The summed E-state index contributed by atoms with van der Waals surface area (Å²) in [7, 11) is -5.39. The van der Waals surface area contributed by atoms with Crippen molar-refractivity contribution >= 4 is 37.4 Å². The van der Waals surface area contributed by atoms with Crippen molar-refractivity contribution in [1.29, 1.82) is 0 Å². The molecule has 0 aliphatic heterocycles. The zero-order valence-electron chi connectivity index (χ0n) is 8.88. The number of rotatable bonds is 2. The minimum absolute atomic E-state index is 0.0445. The normalized spacial score (nSPS) is 12.3. The number of alkyl halides is 3. The van der Waals surface area contributed by atoms with Crippen molar-refractivity contribution < 1.29 is 26.4 Å². The van der Waals surface area contributed by atoms with Gasteiger partial charge in [-0.25, -0.2) is 8.42 Å². The van der Waals surface area contributed by atoms with Gasteiger partial charge in [0, 0.05) is 11.4 Å². The molecule has 0 aromatic heterocycles. The highest BCUT2D eigenvalue weighted by Gasteiger charge is 2.46. The molecule has 0 aliphatic rings. The predicted molar refractivity (Wildman–Crippen MR) is 61.7 cm³/mol. The lowest BCUT2D eigenvalue weighted by Gasteiger charge is -2.10. The molecular formula is C9H7BrF3NO3S. The van der Waals surface area contributed by atoms with E-state index in [0.717, 1.165) is 18.2 Å². The Labute approximate surface area is 109 Å². The van der Waals surface area contributed by atoms with E-state index in [1.807, 2.05) is 0 Å². The lowest BCUT2D eigenvalue weighted by Crippen LogP contribution is -2.23. The fourth-order valence-corrected chi connectivity index (χ4v) is 2.50. The summed E-state index contributed by atoms with van der Waals surface area (Å²) in [6, 6.07) is 2.64. The van der Waals surface area contributed by atoms with Gasteiger partial charge in [-0.05, 0) is 34.1 Å². The number of hydrogen-bond donors (Lipinski definition) is 1. The monoisotopic (exact) mass is 345 g/mol. The van der Waals surface area contributed by atoms with Crippen molar-refractivity contribution in [1.82, 2.24) is 0 Å². The molecule has 0 saturated heterocycles. The number of carbonyl (C=O) groups is 1. The average Bonchev–Trinajstić information content (AvgIpc) is 2.18. The molecule has 18 heavy (non-hydrogen) atoms. The van der Waals surface area contributed by atoms with Gasteiger partial charge in [-0.15, -0.1) is 0 Å². The van der Waals surface area contributed by atoms with Gasteiger partial charge in [-0.3, -0.25) is 4.79 Å². The number of carbonyl (C=O) groups excluding carboxylic acids is 1. The molecule has 0 saturated carbocycles. The van der Waals surface area contributed by atoms with E-state index in [2.05, 4.69) is 21.2 Å². The molecular weight excluding hydrogens is 339 g/mol. The van der Waals surface area contributed by atoms with Gasteiger partial charge in [0.2, 0.25) is 5.91 Å². The third kappa shape index (κ3) is 3.02. The van der Waals surface area contributed by atoms with Crippen molar-refractivity contribution in [2.24, 2.45) is 0 Å². The smallest absolute Gasteiger partial charge is 0.325 e. The molecule has 100 valence electrons. The molecule has 0 unspecified atom stereocenters. The number of sulfone groups is 1. The summed E-state index contributed by atoms with van der Waals surface area (Å²) in [6.07, 6.45) is 0. The Morgan fingerprint density at radius 3 is 2.28 bits per heavy atom. The summed E-state index contributed by atoms with van der Waals surface area (Å²) in [6.45, 7) is 1.22. The Kier molecular flexibility index (Phi) is 4.06. The summed E-state index contributed by atoms with van der Waals surface area (Å²) in [4.78, 5) is 9.88. The van der Waals surface area contributed by atoms with Crippen LogP contribution < -0.4 is 5.32 Å². The highest BCUT2D eigenvalue weighted by atomic mass is 79.9. The Hall–Kier alpha value is -1.09. The topological polar surface area (TPSA) is 63.2 Å². The molecule has 1 amide bonds. The molecule has 4 nitrogen and oxygen atoms in total. The number of nitrogens with one attached hydrogen (secondary N) is 1. The molecule has 0 fully saturated rings. The van der Waals surface area contributed by atoms with Crippen LogP contribution in [0.25, 0.3) is 0 Å². The third-order valence-electron chi connectivity index (χ3n) is 1.87. The van der Waals surface area contributed by atoms with E-state index < -0.39 is 26.1 Å². The third-order valence-corrected chi connectivity index (χ3v) is 4.01. The number of halogens is 4. The van der Waals surface area contributed by atoms with Crippen LogP contribution >= 0.6 is 15.9 Å². The lowest BCUT2D eigenvalue weighted by molar-refractivity contribution is -0.114. The second-order valence-corrected chi connectivity index (χ2v) is 6.07. The summed E-state index contributed by atoms with van der Waals surface area (Å²) in [5, 5.41) is 2.33. The van der Waals surface area contributed by atoms with Gasteiger partial charge in [-0.2, -0.15) is 13.2 Å². The first kappa shape index (κ1) is 15.0. The molecule has 1 rings (SSSR count). The zero-order chi connectivity index (χ0) is 14.1. The van der Waals surface area contributed by atoms with Crippen molar-refractivity contribution in [2.45, 2.75) is 17.3 Å². The summed E-state index contributed by atoms with van der Waals surface area (Å²) < 4.78 is 59.1. The van der Waals surface area contributed by atoms with Crippen molar-refractivity contribution in [3.8, 4) is 0 Å². The van der Waals surface area contributed by atoms with E-state index in [1.165, 1.54) is 6.92 Å². The molecule has 1 aromatic carbocycles. The van der Waals surface area contributed by atoms with Crippen LogP contribution in [0.2, 0.25) is 0 Å². The molecule has 0 aliphatic carbocycles. The quantitative estimate of drug-likeness (QED) is 0.896. The van der Waals surface area contributed by atoms with E-state index in [-0.39, 0.29) is 10.2 Å². The number of benzene rings is 1. The minimum Gasteiger partial charge on any atom is -0.325 e. The molecule has 0 atom stereocenters. The SMILES string of the molecule is CC(=O)Nc1ccc(S(=O)(=O)C(F)(F)F)cc1Br.